The Morgan fingerprint density at radius 2 is 2.00 bits per heavy atom. The van der Waals surface area contributed by atoms with Crippen molar-refractivity contribution in [1.82, 2.24) is 15.3 Å². The van der Waals surface area contributed by atoms with Crippen molar-refractivity contribution < 1.29 is 4.79 Å². The van der Waals surface area contributed by atoms with Crippen molar-refractivity contribution in [3.05, 3.63) is 16.3 Å². The maximum atomic E-state index is 12.6. The number of aromatic nitrogens is 2. The lowest BCUT2D eigenvalue weighted by molar-refractivity contribution is -0.121. The highest BCUT2D eigenvalue weighted by molar-refractivity contribution is 8.00. The van der Waals surface area contributed by atoms with Crippen LogP contribution in [0.15, 0.2) is 5.03 Å². The first-order valence-corrected chi connectivity index (χ1v) is 11.1. The van der Waals surface area contributed by atoms with E-state index in [-0.39, 0.29) is 11.2 Å². The normalized spacial score (nSPS) is 19.1. The lowest BCUT2D eigenvalue weighted by Gasteiger charge is -2.24. The van der Waals surface area contributed by atoms with Gasteiger partial charge in [0.25, 0.3) is 0 Å². The van der Waals surface area contributed by atoms with Gasteiger partial charge in [-0.25, -0.2) is 9.97 Å². The Balaban J connectivity index is 1.54. The highest BCUT2D eigenvalue weighted by atomic mass is 32.2. The zero-order valence-corrected chi connectivity index (χ0v) is 16.6. The number of rotatable bonds is 4. The van der Waals surface area contributed by atoms with Crippen LogP contribution in [0.3, 0.4) is 0 Å². The van der Waals surface area contributed by atoms with Crippen LogP contribution in [0.25, 0.3) is 10.2 Å². The van der Waals surface area contributed by atoms with Gasteiger partial charge in [0, 0.05) is 16.3 Å². The van der Waals surface area contributed by atoms with Crippen molar-refractivity contribution >= 4 is 39.2 Å². The molecule has 0 unspecified atom stereocenters. The molecule has 4 nitrogen and oxygen atoms in total. The van der Waals surface area contributed by atoms with Gasteiger partial charge in [-0.3, -0.25) is 4.79 Å². The number of carbonyl (C=O) groups is 1. The van der Waals surface area contributed by atoms with Gasteiger partial charge in [-0.15, -0.1) is 11.3 Å². The number of hydrogen-bond donors (Lipinski definition) is 1. The molecule has 0 aliphatic heterocycles. The van der Waals surface area contributed by atoms with Gasteiger partial charge in [0.2, 0.25) is 5.91 Å². The summed E-state index contributed by atoms with van der Waals surface area (Å²) in [5.41, 5.74) is 1.43. The van der Waals surface area contributed by atoms with E-state index in [9.17, 15) is 4.79 Å². The molecule has 2 heterocycles. The number of carbonyl (C=O) groups excluding carboxylic acids is 1. The number of thioether (sulfide) groups is 1. The van der Waals surface area contributed by atoms with Crippen LogP contribution in [0.1, 0.15) is 61.7 Å². The van der Waals surface area contributed by atoms with E-state index in [2.05, 4.69) is 10.3 Å². The summed E-state index contributed by atoms with van der Waals surface area (Å²) >= 11 is 3.41. The Labute approximate surface area is 157 Å². The smallest absolute Gasteiger partial charge is 0.233 e. The van der Waals surface area contributed by atoms with Gasteiger partial charge >= 0.3 is 0 Å². The summed E-state index contributed by atoms with van der Waals surface area (Å²) in [6.45, 7) is 3.94. The monoisotopic (exact) mass is 375 g/mol. The topological polar surface area (TPSA) is 54.9 Å². The Kier molecular flexibility index (Phi) is 5.00. The maximum Gasteiger partial charge on any atom is 0.233 e. The van der Waals surface area contributed by atoms with Crippen LogP contribution >= 0.6 is 23.1 Å². The number of nitrogens with zero attached hydrogens (tertiary/aromatic N) is 2. The van der Waals surface area contributed by atoms with Crippen molar-refractivity contribution in [3.63, 3.8) is 0 Å². The quantitative estimate of drug-likeness (QED) is 0.635. The summed E-state index contributed by atoms with van der Waals surface area (Å²) in [7, 11) is 0. The predicted molar refractivity (Wildman–Crippen MR) is 105 cm³/mol. The summed E-state index contributed by atoms with van der Waals surface area (Å²) in [5, 5.41) is 5.33. The summed E-state index contributed by atoms with van der Waals surface area (Å²) in [5.74, 6) is 0.947. The van der Waals surface area contributed by atoms with Crippen molar-refractivity contribution in [1.29, 1.82) is 0 Å². The van der Waals surface area contributed by atoms with Gasteiger partial charge < -0.3 is 5.32 Å². The van der Waals surface area contributed by atoms with Crippen LogP contribution in [0, 0.1) is 6.92 Å². The average Bonchev–Trinajstić information content (AvgIpc) is 3.15. The SMILES string of the molecule is Cc1nc(S[C@H](C)C(=O)NC2CCCCC2)c2c3c(sc2n1)CCC3. The van der Waals surface area contributed by atoms with Crippen molar-refractivity contribution in [3.8, 4) is 0 Å². The van der Waals surface area contributed by atoms with Crippen LogP contribution in [-0.2, 0) is 17.6 Å². The molecule has 1 amide bonds. The van der Waals surface area contributed by atoms with E-state index in [0.717, 1.165) is 41.4 Å². The summed E-state index contributed by atoms with van der Waals surface area (Å²) in [6, 6.07) is 0.363. The number of amides is 1. The number of thiophene rings is 1. The van der Waals surface area contributed by atoms with E-state index in [0.29, 0.717) is 6.04 Å². The molecule has 0 bridgehead atoms. The van der Waals surface area contributed by atoms with Crippen LogP contribution < -0.4 is 5.32 Å². The maximum absolute atomic E-state index is 12.6. The molecular weight excluding hydrogens is 350 g/mol. The molecule has 0 radical (unpaired) electrons. The first kappa shape index (κ1) is 17.3. The third kappa shape index (κ3) is 3.56. The van der Waals surface area contributed by atoms with Crippen molar-refractivity contribution in [2.45, 2.75) is 81.5 Å². The Bertz CT molecular complexity index is 796. The molecule has 2 aliphatic rings. The minimum atomic E-state index is -0.128. The zero-order valence-electron chi connectivity index (χ0n) is 14.9. The average molecular weight is 376 g/mol. The molecule has 0 saturated heterocycles. The van der Waals surface area contributed by atoms with Gasteiger partial charge in [-0.05, 0) is 51.5 Å². The fourth-order valence-corrected chi connectivity index (χ4v) is 6.34. The standard InChI is InChI=1S/C19H25N3OS2/c1-11(17(23)22-13-7-4-3-5-8-13)24-18-16-14-9-6-10-15(14)25-19(16)21-12(2)20-18/h11,13H,3-10H2,1-2H3,(H,22,23)/t11-/m1/s1. The van der Waals surface area contributed by atoms with Crippen molar-refractivity contribution in [2.75, 3.05) is 0 Å². The molecule has 0 aromatic carbocycles. The lowest BCUT2D eigenvalue weighted by Crippen LogP contribution is -2.40. The number of fused-ring (bicyclic) bond motifs is 3. The number of nitrogens with one attached hydrogen (secondary N) is 1. The number of hydrogen-bond acceptors (Lipinski definition) is 5. The molecule has 1 atom stereocenters. The van der Waals surface area contributed by atoms with Gasteiger partial charge in [0.05, 0.1) is 5.25 Å². The molecule has 25 heavy (non-hydrogen) atoms. The third-order valence-electron chi connectivity index (χ3n) is 5.25. The summed E-state index contributed by atoms with van der Waals surface area (Å²) in [4.78, 5) is 24.5. The van der Waals surface area contributed by atoms with Gasteiger partial charge in [-0.2, -0.15) is 0 Å². The second-order valence-electron chi connectivity index (χ2n) is 7.22. The van der Waals surface area contributed by atoms with Crippen LogP contribution in [0.5, 0.6) is 0 Å². The van der Waals surface area contributed by atoms with Crippen LogP contribution in [-0.4, -0.2) is 27.2 Å². The Hall–Kier alpha value is -1.14. The second-order valence-corrected chi connectivity index (χ2v) is 9.63. The third-order valence-corrected chi connectivity index (χ3v) is 7.52. The fraction of sp³-hybridized carbons (Fsp3) is 0.632. The minimum absolute atomic E-state index is 0.128. The van der Waals surface area contributed by atoms with Gasteiger partial charge in [-0.1, -0.05) is 31.0 Å². The largest absolute Gasteiger partial charge is 0.352 e. The van der Waals surface area contributed by atoms with E-state index in [1.807, 2.05) is 25.2 Å². The highest BCUT2D eigenvalue weighted by Gasteiger charge is 2.25. The van der Waals surface area contributed by atoms with E-state index in [1.165, 1.54) is 41.5 Å². The van der Waals surface area contributed by atoms with Crippen LogP contribution in [0.2, 0.25) is 0 Å². The van der Waals surface area contributed by atoms with E-state index in [4.69, 9.17) is 4.98 Å². The number of aryl methyl sites for hydroxylation is 3. The van der Waals surface area contributed by atoms with Crippen LogP contribution in [0.4, 0.5) is 0 Å². The van der Waals surface area contributed by atoms with Gasteiger partial charge in [0.1, 0.15) is 15.7 Å². The first-order chi connectivity index (χ1) is 12.1. The molecule has 1 N–H and O–H groups in total. The first-order valence-electron chi connectivity index (χ1n) is 9.37. The van der Waals surface area contributed by atoms with E-state index in [1.54, 1.807) is 11.8 Å². The molecule has 134 valence electrons. The molecule has 2 aromatic heterocycles. The molecule has 1 saturated carbocycles. The molecule has 0 spiro atoms. The van der Waals surface area contributed by atoms with Crippen molar-refractivity contribution in [2.24, 2.45) is 0 Å². The van der Waals surface area contributed by atoms with Gasteiger partial charge in [0.15, 0.2) is 0 Å². The predicted octanol–water partition coefficient (Wildman–Crippen LogP) is 4.42. The molecule has 6 heteroatoms. The minimum Gasteiger partial charge on any atom is -0.352 e. The van der Waals surface area contributed by atoms with E-state index < -0.39 is 0 Å². The molecule has 4 rings (SSSR count). The molecule has 2 aromatic rings. The zero-order chi connectivity index (χ0) is 17.4. The summed E-state index contributed by atoms with van der Waals surface area (Å²) < 4.78 is 0. The lowest BCUT2D eigenvalue weighted by atomic mass is 9.95. The molecule has 1 fully saturated rings. The molecule has 2 aliphatic carbocycles. The Morgan fingerprint density at radius 3 is 2.80 bits per heavy atom. The fourth-order valence-electron chi connectivity index (χ4n) is 3.94. The van der Waals surface area contributed by atoms with E-state index >= 15 is 0 Å². The Morgan fingerprint density at radius 1 is 1.20 bits per heavy atom. The molecular formula is C19H25N3OS2. The second kappa shape index (κ2) is 7.23. The summed E-state index contributed by atoms with van der Waals surface area (Å²) in [6.07, 6.45) is 9.54. The highest BCUT2D eigenvalue weighted by Crippen LogP contribution is 2.41.